The van der Waals surface area contributed by atoms with Crippen LogP contribution in [0.15, 0.2) is 29.1 Å². The first kappa shape index (κ1) is 15.0. The number of pyridine rings is 1. The first-order chi connectivity index (χ1) is 10.6. The minimum absolute atomic E-state index is 0.553. The fraction of sp³-hybridized carbons (Fsp3) is 0.357. The molecule has 1 saturated heterocycles. The van der Waals surface area contributed by atoms with Gasteiger partial charge in [0.25, 0.3) is 0 Å². The summed E-state index contributed by atoms with van der Waals surface area (Å²) in [6, 6.07) is 3.77. The van der Waals surface area contributed by atoms with Crippen LogP contribution in [0.5, 0.6) is 0 Å². The highest BCUT2D eigenvalue weighted by Gasteiger charge is 2.19. The van der Waals surface area contributed by atoms with Crippen LogP contribution in [0.25, 0.3) is 0 Å². The number of likely N-dealkylation sites (N-methyl/N-ethyl adjacent to an activating group) is 1. The number of nitrogens with zero attached hydrogens (tertiary/aromatic N) is 5. The van der Waals surface area contributed by atoms with Gasteiger partial charge < -0.3 is 20.9 Å². The molecule has 0 unspecified atom stereocenters. The lowest BCUT2D eigenvalue weighted by Gasteiger charge is -2.33. The zero-order chi connectivity index (χ0) is 15.5. The van der Waals surface area contributed by atoms with Crippen LogP contribution in [0.4, 0.5) is 23.1 Å². The number of anilines is 4. The summed E-state index contributed by atoms with van der Waals surface area (Å²) < 4.78 is 0.923. The van der Waals surface area contributed by atoms with E-state index < -0.39 is 0 Å². The van der Waals surface area contributed by atoms with Crippen LogP contribution < -0.4 is 16.0 Å². The van der Waals surface area contributed by atoms with Crippen LogP contribution in [0.2, 0.25) is 0 Å². The average molecular weight is 364 g/mol. The Balaban J connectivity index is 1.81. The van der Waals surface area contributed by atoms with Gasteiger partial charge in [0, 0.05) is 36.8 Å². The summed E-state index contributed by atoms with van der Waals surface area (Å²) in [7, 11) is 2.12. The van der Waals surface area contributed by atoms with Gasteiger partial charge >= 0.3 is 0 Å². The Morgan fingerprint density at radius 3 is 2.59 bits per heavy atom. The summed E-state index contributed by atoms with van der Waals surface area (Å²) >= 11 is 3.36. The molecule has 3 heterocycles. The molecule has 8 heteroatoms. The van der Waals surface area contributed by atoms with Crippen molar-refractivity contribution in [1.29, 1.82) is 0 Å². The third-order valence-corrected chi connectivity index (χ3v) is 4.11. The van der Waals surface area contributed by atoms with E-state index in [0.717, 1.165) is 36.5 Å². The SMILES string of the molecule is CN1CCN(c2ncnc(Nc3ccc(Br)cn3)c2N)CC1. The predicted molar refractivity (Wildman–Crippen MR) is 91.4 cm³/mol. The Morgan fingerprint density at radius 1 is 1.14 bits per heavy atom. The van der Waals surface area contributed by atoms with Gasteiger partial charge in [-0.15, -0.1) is 0 Å². The highest BCUT2D eigenvalue weighted by atomic mass is 79.9. The molecular weight excluding hydrogens is 346 g/mol. The van der Waals surface area contributed by atoms with E-state index in [9.17, 15) is 0 Å². The van der Waals surface area contributed by atoms with E-state index in [1.54, 1.807) is 6.20 Å². The molecule has 0 aromatic carbocycles. The third-order valence-electron chi connectivity index (χ3n) is 3.64. The monoisotopic (exact) mass is 363 g/mol. The number of rotatable bonds is 3. The summed E-state index contributed by atoms with van der Waals surface area (Å²) in [6.45, 7) is 3.82. The fourth-order valence-electron chi connectivity index (χ4n) is 2.33. The summed E-state index contributed by atoms with van der Waals surface area (Å²) in [4.78, 5) is 17.3. The molecule has 0 atom stereocenters. The van der Waals surface area contributed by atoms with Crippen LogP contribution in [-0.4, -0.2) is 53.1 Å². The Hall–Kier alpha value is -1.93. The highest BCUT2D eigenvalue weighted by molar-refractivity contribution is 9.10. The van der Waals surface area contributed by atoms with Crippen molar-refractivity contribution in [3.05, 3.63) is 29.1 Å². The second kappa shape index (κ2) is 6.45. The molecule has 2 aromatic heterocycles. The lowest BCUT2D eigenvalue weighted by atomic mass is 10.3. The van der Waals surface area contributed by atoms with Gasteiger partial charge in [-0.05, 0) is 35.1 Å². The van der Waals surface area contributed by atoms with E-state index in [4.69, 9.17) is 5.73 Å². The van der Waals surface area contributed by atoms with E-state index in [1.165, 1.54) is 6.33 Å². The molecule has 0 aliphatic carbocycles. The molecule has 22 heavy (non-hydrogen) atoms. The lowest BCUT2D eigenvalue weighted by Crippen LogP contribution is -2.45. The van der Waals surface area contributed by atoms with Crippen molar-refractivity contribution < 1.29 is 0 Å². The number of hydrogen-bond acceptors (Lipinski definition) is 7. The molecule has 0 amide bonds. The molecule has 0 bridgehead atoms. The predicted octanol–water partition coefficient (Wildman–Crippen LogP) is 1.71. The van der Waals surface area contributed by atoms with E-state index in [2.05, 4.69) is 53.0 Å². The summed E-state index contributed by atoms with van der Waals surface area (Å²) in [5, 5.41) is 3.14. The Kier molecular flexibility index (Phi) is 4.39. The van der Waals surface area contributed by atoms with Gasteiger partial charge in [0.2, 0.25) is 0 Å². The van der Waals surface area contributed by atoms with Crippen molar-refractivity contribution in [3.63, 3.8) is 0 Å². The number of hydrogen-bond donors (Lipinski definition) is 2. The van der Waals surface area contributed by atoms with Crippen LogP contribution in [-0.2, 0) is 0 Å². The van der Waals surface area contributed by atoms with Crippen molar-refractivity contribution in [2.24, 2.45) is 0 Å². The highest BCUT2D eigenvalue weighted by Crippen LogP contribution is 2.28. The third kappa shape index (κ3) is 3.28. The zero-order valence-corrected chi connectivity index (χ0v) is 13.9. The quantitative estimate of drug-likeness (QED) is 0.858. The molecule has 0 spiro atoms. The Bertz CT molecular complexity index is 638. The van der Waals surface area contributed by atoms with E-state index >= 15 is 0 Å². The summed E-state index contributed by atoms with van der Waals surface area (Å²) in [5.41, 5.74) is 6.80. The molecule has 0 saturated carbocycles. The molecule has 0 radical (unpaired) electrons. The number of nitrogens with two attached hydrogens (primary N) is 1. The van der Waals surface area contributed by atoms with E-state index in [1.807, 2.05) is 12.1 Å². The Labute approximate surface area is 137 Å². The van der Waals surface area contributed by atoms with Gasteiger partial charge in [-0.3, -0.25) is 0 Å². The molecule has 3 rings (SSSR count). The maximum atomic E-state index is 6.25. The van der Waals surface area contributed by atoms with E-state index in [0.29, 0.717) is 17.3 Å². The van der Waals surface area contributed by atoms with Gasteiger partial charge in [0.1, 0.15) is 17.8 Å². The summed E-state index contributed by atoms with van der Waals surface area (Å²) in [5.74, 6) is 2.05. The van der Waals surface area contributed by atoms with Gasteiger partial charge in [-0.25, -0.2) is 15.0 Å². The average Bonchev–Trinajstić information content (AvgIpc) is 2.53. The van der Waals surface area contributed by atoms with Crippen molar-refractivity contribution in [2.45, 2.75) is 0 Å². The summed E-state index contributed by atoms with van der Waals surface area (Å²) in [6.07, 6.45) is 3.26. The molecule has 116 valence electrons. The van der Waals surface area contributed by atoms with E-state index in [-0.39, 0.29) is 0 Å². The second-order valence-electron chi connectivity index (χ2n) is 5.24. The van der Waals surface area contributed by atoms with Gasteiger partial charge in [-0.2, -0.15) is 0 Å². The zero-order valence-electron chi connectivity index (χ0n) is 12.3. The molecule has 1 fully saturated rings. The van der Waals surface area contributed by atoms with Crippen molar-refractivity contribution in [3.8, 4) is 0 Å². The molecule has 7 nitrogen and oxygen atoms in total. The Morgan fingerprint density at radius 2 is 1.91 bits per heavy atom. The van der Waals surface area contributed by atoms with Crippen molar-refractivity contribution in [2.75, 3.05) is 49.2 Å². The topological polar surface area (TPSA) is 83.2 Å². The molecule has 1 aliphatic heterocycles. The maximum absolute atomic E-state index is 6.25. The first-order valence-electron chi connectivity index (χ1n) is 7.06. The van der Waals surface area contributed by atoms with Crippen LogP contribution in [0.3, 0.4) is 0 Å². The molecule has 3 N–H and O–H groups in total. The first-order valence-corrected chi connectivity index (χ1v) is 7.85. The largest absolute Gasteiger partial charge is 0.393 e. The number of nitrogen functional groups attached to an aromatic ring is 1. The normalized spacial score (nSPS) is 15.8. The van der Waals surface area contributed by atoms with Crippen molar-refractivity contribution in [1.82, 2.24) is 19.9 Å². The van der Waals surface area contributed by atoms with Crippen molar-refractivity contribution >= 4 is 39.1 Å². The number of aromatic nitrogens is 3. The maximum Gasteiger partial charge on any atom is 0.160 e. The van der Waals surface area contributed by atoms with Crippen LogP contribution in [0, 0.1) is 0 Å². The molecular formula is C14H18BrN7. The number of piperazine rings is 1. The minimum Gasteiger partial charge on any atom is -0.393 e. The fourth-order valence-corrected chi connectivity index (χ4v) is 2.56. The van der Waals surface area contributed by atoms with Gasteiger partial charge in [0.05, 0.1) is 0 Å². The van der Waals surface area contributed by atoms with Crippen LogP contribution in [0.1, 0.15) is 0 Å². The smallest absolute Gasteiger partial charge is 0.160 e. The second-order valence-corrected chi connectivity index (χ2v) is 6.15. The van der Waals surface area contributed by atoms with Crippen LogP contribution >= 0.6 is 15.9 Å². The lowest BCUT2D eigenvalue weighted by molar-refractivity contribution is 0.312. The number of halogens is 1. The number of nitrogens with one attached hydrogen (secondary N) is 1. The minimum atomic E-state index is 0.553. The molecule has 2 aromatic rings. The van der Waals surface area contributed by atoms with Gasteiger partial charge in [-0.1, -0.05) is 0 Å². The van der Waals surface area contributed by atoms with Gasteiger partial charge in [0.15, 0.2) is 11.6 Å². The standard InChI is InChI=1S/C14H18BrN7/c1-21-4-6-22(7-5-21)14-12(16)13(18-9-19-14)20-11-3-2-10(15)8-17-11/h2-3,8-9H,4-7,16H2,1H3,(H,17,18,19,20). The molecule has 1 aliphatic rings.